The van der Waals surface area contributed by atoms with Crippen LogP contribution in [0.1, 0.15) is 41.6 Å². The highest BCUT2D eigenvalue weighted by Gasteiger charge is 2.63. The molecule has 3 heterocycles. The lowest BCUT2D eigenvalue weighted by Gasteiger charge is -2.44. The molecule has 37 heavy (non-hydrogen) atoms. The Morgan fingerprint density at radius 3 is 2.27 bits per heavy atom. The number of rotatable bonds is 4. The van der Waals surface area contributed by atoms with Crippen LogP contribution >= 0.6 is 0 Å². The van der Waals surface area contributed by atoms with Crippen LogP contribution in [0.2, 0.25) is 0 Å². The van der Waals surface area contributed by atoms with Crippen LogP contribution in [0.4, 0.5) is 39.5 Å². The SMILES string of the molecule is O=C(C1CC1)N1CC(F)(c2ccc(C3=NOC(c4cc(F)c(F)c(C(F)(F)F)c4)(C(F)(F)F)C3)cn2)C1. The number of hydrogen-bond donors (Lipinski definition) is 0. The van der Waals surface area contributed by atoms with E-state index in [9.17, 15) is 39.9 Å². The summed E-state index contributed by atoms with van der Waals surface area (Å²) in [5.41, 5.74) is -9.54. The number of aromatic nitrogens is 1. The predicted octanol–water partition coefficient (Wildman–Crippen LogP) is 5.38. The third kappa shape index (κ3) is 4.19. The van der Waals surface area contributed by atoms with Gasteiger partial charge in [0.25, 0.3) is 5.60 Å². The Kier molecular flexibility index (Phi) is 5.54. The largest absolute Gasteiger partial charge is 0.435 e. The van der Waals surface area contributed by atoms with Gasteiger partial charge >= 0.3 is 12.4 Å². The Morgan fingerprint density at radius 1 is 1.05 bits per heavy atom. The van der Waals surface area contributed by atoms with Gasteiger partial charge in [-0.2, -0.15) is 26.3 Å². The van der Waals surface area contributed by atoms with Gasteiger partial charge in [0.15, 0.2) is 17.3 Å². The molecule has 1 unspecified atom stereocenters. The molecule has 2 aliphatic heterocycles. The summed E-state index contributed by atoms with van der Waals surface area (Å²) < 4.78 is 124. The lowest BCUT2D eigenvalue weighted by Crippen LogP contribution is -2.59. The van der Waals surface area contributed by atoms with Gasteiger partial charge in [0.1, 0.15) is 0 Å². The molecule has 3 aliphatic rings. The maximum absolute atomic E-state index is 15.1. The molecule has 1 saturated heterocycles. The zero-order valence-electron chi connectivity index (χ0n) is 18.6. The van der Waals surface area contributed by atoms with Crippen LogP contribution in [-0.2, 0) is 27.1 Å². The second-order valence-electron chi connectivity index (χ2n) is 9.31. The van der Waals surface area contributed by atoms with Crippen molar-refractivity contribution in [1.82, 2.24) is 9.88 Å². The maximum Gasteiger partial charge on any atom is 0.435 e. The van der Waals surface area contributed by atoms with Crippen molar-refractivity contribution in [3.63, 3.8) is 0 Å². The highest BCUT2D eigenvalue weighted by atomic mass is 19.4. The Morgan fingerprint density at radius 2 is 1.73 bits per heavy atom. The molecule has 198 valence electrons. The van der Waals surface area contributed by atoms with E-state index in [1.165, 1.54) is 17.0 Å². The van der Waals surface area contributed by atoms with E-state index in [2.05, 4.69) is 15.0 Å². The van der Waals surface area contributed by atoms with Crippen LogP contribution in [0.5, 0.6) is 0 Å². The number of benzene rings is 1. The Hall–Kier alpha value is -3.32. The van der Waals surface area contributed by atoms with Crippen molar-refractivity contribution >= 4 is 11.6 Å². The van der Waals surface area contributed by atoms with Crippen LogP contribution in [-0.4, -0.2) is 40.8 Å². The lowest BCUT2D eigenvalue weighted by atomic mass is 9.85. The second-order valence-corrected chi connectivity index (χ2v) is 9.31. The molecule has 0 radical (unpaired) electrons. The van der Waals surface area contributed by atoms with E-state index in [1.54, 1.807) is 0 Å². The first-order valence-corrected chi connectivity index (χ1v) is 11.0. The van der Waals surface area contributed by atoms with Crippen molar-refractivity contribution in [1.29, 1.82) is 0 Å². The molecule has 0 N–H and O–H groups in total. The standard InChI is InChI=1S/C23H16F9N3O2/c24-15-6-13(5-14(18(15)25)22(27,28)29)21(23(30,31)32)7-16(34-37-21)12-3-4-17(33-8-12)20(26)9-35(10-20)19(36)11-1-2-11/h3-6,8,11H,1-2,7,9-10H2. The highest BCUT2D eigenvalue weighted by Crippen LogP contribution is 2.50. The Bertz CT molecular complexity index is 1280. The Balaban J connectivity index is 1.39. The first-order valence-electron chi connectivity index (χ1n) is 11.0. The molecule has 1 aliphatic carbocycles. The normalized spacial score (nSPS) is 23.4. The topological polar surface area (TPSA) is 54.8 Å². The fourth-order valence-corrected chi connectivity index (χ4v) is 4.38. The number of carbonyl (C=O) groups is 1. The molecule has 1 aromatic carbocycles. The zero-order valence-corrected chi connectivity index (χ0v) is 18.6. The molecule has 1 saturated carbocycles. The van der Waals surface area contributed by atoms with Gasteiger partial charge < -0.3 is 9.74 Å². The summed E-state index contributed by atoms with van der Waals surface area (Å²) in [6.07, 6.45) is -9.50. The number of halogens is 9. The van der Waals surface area contributed by atoms with Gasteiger partial charge in [0.2, 0.25) is 5.91 Å². The molecule has 5 nitrogen and oxygen atoms in total. The minimum atomic E-state index is -5.47. The lowest BCUT2D eigenvalue weighted by molar-refractivity contribution is -0.276. The summed E-state index contributed by atoms with van der Waals surface area (Å²) in [4.78, 5) is 21.9. The molecule has 2 fully saturated rings. The predicted molar refractivity (Wildman–Crippen MR) is 108 cm³/mol. The van der Waals surface area contributed by atoms with Gasteiger partial charge in [-0.05, 0) is 37.1 Å². The molecule has 1 aromatic heterocycles. The third-order valence-electron chi connectivity index (χ3n) is 6.66. The first kappa shape index (κ1) is 25.3. The molecule has 14 heteroatoms. The van der Waals surface area contributed by atoms with Crippen molar-refractivity contribution in [2.24, 2.45) is 11.1 Å². The molecular weight excluding hydrogens is 521 g/mol. The number of likely N-dealkylation sites (tertiary alicyclic amines) is 1. The van der Waals surface area contributed by atoms with Crippen LogP contribution < -0.4 is 0 Å². The summed E-state index contributed by atoms with van der Waals surface area (Å²) >= 11 is 0. The Labute approximate surface area is 202 Å². The average Bonchev–Trinajstić information content (AvgIpc) is 3.54. The quantitative estimate of drug-likeness (QED) is 0.493. The zero-order chi connectivity index (χ0) is 27.0. The van der Waals surface area contributed by atoms with Gasteiger partial charge in [-0.1, -0.05) is 5.16 Å². The minimum absolute atomic E-state index is 0.0179. The van der Waals surface area contributed by atoms with Gasteiger partial charge in [0.05, 0.1) is 36.5 Å². The molecular formula is C23H16F9N3O2. The van der Waals surface area contributed by atoms with Gasteiger partial charge in [-0.3, -0.25) is 9.78 Å². The number of alkyl halides is 7. The summed E-state index contributed by atoms with van der Waals surface area (Å²) in [6.45, 7) is -0.429. The van der Waals surface area contributed by atoms with Gasteiger partial charge in [0, 0.05) is 23.2 Å². The number of amides is 1. The summed E-state index contributed by atoms with van der Waals surface area (Å²) in [6, 6.07) is 2.22. The molecule has 0 spiro atoms. The van der Waals surface area contributed by atoms with Crippen molar-refractivity contribution in [3.05, 3.63) is 64.5 Å². The molecule has 2 aromatic rings. The summed E-state index contributed by atoms with van der Waals surface area (Å²) in [5, 5.41) is 3.35. The van der Waals surface area contributed by atoms with E-state index in [1.807, 2.05) is 0 Å². The van der Waals surface area contributed by atoms with E-state index in [4.69, 9.17) is 0 Å². The number of nitrogens with zero attached hydrogens (tertiary/aromatic N) is 3. The maximum atomic E-state index is 15.1. The van der Waals surface area contributed by atoms with Gasteiger partial charge in [-0.15, -0.1) is 0 Å². The van der Waals surface area contributed by atoms with Crippen molar-refractivity contribution in [2.45, 2.75) is 42.9 Å². The third-order valence-corrected chi connectivity index (χ3v) is 6.66. The molecule has 1 amide bonds. The summed E-state index contributed by atoms with van der Waals surface area (Å²) in [7, 11) is 0. The van der Waals surface area contributed by atoms with Crippen LogP contribution in [0.25, 0.3) is 0 Å². The summed E-state index contributed by atoms with van der Waals surface area (Å²) in [5.74, 6) is -4.71. The smallest absolute Gasteiger partial charge is 0.374 e. The monoisotopic (exact) mass is 537 g/mol. The van der Waals surface area contributed by atoms with Crippen LogP contribution in [0, 0.1) is 17.6 Å². The minimum Gasteiger partial charge on any atom is -0.374 e. The number of oxime groups is 1. The molecule has 0 bridgehead atoms. The van der Waals surface area contributed by atoms with Crippen molar-refractivity contribution < 1.29 is 49.1 Å². The highest BCUT2D eigenvalue weighted by molar-refractivity contribution is 6.01. The molecule has 5 rings (SSSR count). The second kappa shape index (κ2) is 8.09. The fraction of sp³-hybridized carbons (Fsp3) is 0.435. The number of hydrogen-bond acceptors (Lipinski definition) is 4. The van der Waals surface area contributed by atoms with E-state index in [-0.39, 0.29) is 48.3 Å². The van der Waals surface area contributed by atoms with E-state index >= 15 is 4.39 Å². The van der Waals surface area contributed by atoms with Crippen molar-refractivity contribution in [3.8, 4) is 0 Å². The van der Waals surface area contributed by atoms with Gasteiger partial charge in [-0.25, -0.2) is 13.2 Å². The fourth-order valence-electron chi connectivity index (χ4n) is 4.38. The molecule has 1 atom stereocenters. The van der Waals surface area contributed by atoms with E-state index in [0.717, 1.165) is 19.0 Å². The first-order chi connectivity index (χ1) is 17.1. The van der Waals surface area contributed by atoms with Crippen LogP contribution in [0.3, 0.4) is 0 Å². The van der Waals surface area contributed by atoms with Crippen molar-refractivity contribution in [2.75, 3.05) is 13.1 Å². The van der Waals surface area contributed by atoms with E-state index in [0.29, 0.717) is 0 Å². The number of pyridine rings is 1. The average molecular weight is 537 g/mol. The number of carbonyl (C=O) groups excluding carboxylic acids is 1. The van der Waals surface area contributed by atoms with Crippen LogP contribution in [0.15, 0.2) is 35.6 Å². The van der Waals surface area contributed by atoms with E-state index < -0.39 is 58.5 Å².